The molecule has 0 N–H and O–H groups in total. The van der Waals surface area contributed by atoms with Gasteiger partial charge in [0.1, 0.15) is 11.3 Å². The number of carbonyl (C=O) groups excluding carboxylic acids is 1. The summed E-state index contributed by atoms with van der Waals surface area (Å²) >= 11 is 1.67. The molecule has 0 spiro atoms. The molecule has 2 rings (SSSR count). The minimum absolute atomic E-state index is 0.316. The maximum absolute atomic E-state index is 11.8. The number of thioether (sulfide) groups is 1. The highest BCUT2D eigenvalue weighted by Gasteiger charge is 2.07. The lowest BCUT2D eigenvalue weighted by molar-refractivity contribution is -0.139. The Labute approximate surface area is 163 Å². The minimum atomic E-state index is -0.345. The number of esters is 1. The molecule has 5 nitrogen and oxygen atoms in total. The van der Waals surface area contributed by atoms with E-state index in [9.17, 15) is 9.59 Å². The van der Waals surface area contributed by atoms with Gasteiger partial charge in [0.25, 0.3) is 0 Å². The highest BCUT2D eigenvalue weighted by atomic mass is 32.2. The largest absolute Gasteiger partial charge is 0.497 e. The van der Waals surface area contributed by atoms with Gasteiger partial charge in [0.15, 0.2) is 0 Å². The fourth-order valence-corrected chi connectivity index (χ4v) is 3.64. The number of hydrogen-bond donors (Lipinski definition) is 0. The third-order valence-corrected chi connectivity index (χ3v) is 5.18. The van der Waals surface area contributed by atoms with Crippen LogP contribution in [0.2, 0.25) is 0 Å². The van der Waals surface area contributed by atoms with Gasteiger partial charge in [0, 0.05) is 28.0 Å². The van der Waals surface area contributed by atoms with Crippen LogP contribution < -0.4 is 10.4 Å². The standard InChI is InChI=1S/C21H26O5S/c1-15(2)21(23)25-11-7-5-4-6-8-12-27-19-14-20(22)26-18-13-16(24-3)9-10-17(18)19/h9-10,13-14H,1,4-8,11-12H2,2-3H3. The second-order valence-corrected chi connectivity index (χ2v) is 7.46. The lowest BCUT2D eigenvalue weighted by atomic mass is 10.2. The van der Waals surface area contributed by atoms with E-state index in [-0.39, 0.29) is 11.6 Å². The SMILES string of the molecule is C=C(C)C(=O)OCCCCCCCSc1cc(=O)oc2cc(OC)ccc12. The Morgan fingerprint density at radius 3 is 2.63 bits per heavy atom. The summed E-state index contributed by atoms with van der Waals surface area (Å²) in [6.45, 7) is 5.66. The van der Waals surface area contributed by atoms with Crippen molar-refractivity contribution in [1.29, 1.82) is 0 Å². The van der Waals surface area contributed by atoms with E-state index < -0.39 is 0 Å². The number of fused-ring (bicyclic) bond motifs is 1. The summed E-state index contributed by atoms with van der Waals surface area (Å²) in [6.07, 6.45) is 5.17. The Hall–Kier alpha value is -2.21. The Bertz CT molecular complexity index is 840. The molecule has 0 amide bonds. The van der Waals surface area contributed by atoms with E-state index in [1.54, 1.807) is 37.9 Å². The molecular formula is C21H26O5S. The molecule has 146 valence electrons. The van der Waals surface area contributed by atoms with Crippen LogP contribution in [0.15, 0.2) is 50.5 Å². The summed E-state index contributed by atoms with van der Waals surface area (Å²) in [5.74, 6) is 1.29. The normalized spacial score (nSPS) is 10.7. The molecule has 2 aromatic rings. The zero-order valence-corrected chi connectivity index (χ0v) is 16.7. The van der Waals surface area contributed by atoms with Gasteiger partial charge in [0.2, 0.25) is 0 Å². The van der Waals surface area contributed by atoms with Crippen LogP contribution in [0.3, 0.4) is 0 Å². The van der Waals surface area contributed by atoms with Crippen molar-refractivity contribution < 1.29 is 18.7 Å². The van der Waals surface area contributed by atoms with E-state index in [1.165, 1.54) is 0 Å². The van der Waals surface area contributed by atoms with Gasteiger partial charge in [-0.3, -0.25) is 0 Å². The summed E-state index contributed by atoms with van der Waals surface area (Å²) < 4.78 is 15.5. The Morgan fingerprint density at radius 1 is 1.15 bits per heavy atom. The maximum atomic E-state index is 11.8. The highest BCUT2D eigenvalue weighted by molar-refractivity contribution is 7.99. The summed E-state index contributed by atoms with van der Waals surface area (Å²) in [4.78, 5) is 24.0. The van der Waals surface area contributed by atoms with Gasteiger partial charge in [-0.2, -0.15) is 0 Å². The van der Waals surface area contributed by atoms with Gasteiger partial charge in [0.05, 0.1) is 13.7 Å². The number of rotatable bonds is 11. The summed E-state index contributed by atoms with van der Waals surface area (Å²) in [7, 11) is 1.59. The predicted octanol–water partition coefficient (Wildman–Crippen LogP) is 4.96. The molecule has 0 fully saturated rings. The molecule has 6 heteroatoms. The third-order valence-electron chi connectivity index (χ3n) is 4.04. The van der Waals surface area contributed by atoms with Crippen molar-refractivity contribution in [3.05, 3.63) is 46.8 Å². The van der Waals surface area contributed by atoms with E-state index in [1.807, 2.05) is 12.1 Å². The minimum Gasteiger partial charge on any atom is -0.497 e. The average molecular weight is 391 g/mol. The molecule has 27 heavy (non-hydrogen) atoms. The number of methoxy groups -OCH3 is 1. The van der Waals surface area contributed by atoms with Gasteiger partial charge >= 0.3 is 11.6 Å². The Balaban J connectivity index is 1.71. The number of hydrogen-bond acceptors (Lipinski definition) is 6. The van der Waals surface area contributed by atoms with Crippen molar-refractivity contribution >= 4 is 28.7 Å². The van der Waals surface area contributed by atoms with Crippen molar-refractivity contribution in [1.82, 2.24) is 0 Å². The molecule has 0 saturated heterocycles. The number of unbranched alkanes of at least 4 members (excludes halogenated alkanes) is 4. The Kier molecular flexibility index (Phi) is 8.45. The molecule has 0 saturated carbocycles. The number of benzene rings is 1. The van der Waals surface area contributed by atoms with E-state index >= 15 is 0 Å². The summed E-state index contributed by atoms with van der Waals surface area (Å²) in [5.41, 5.74) is 0.643. The summed E-state index contributed by atoms with van der Waals surface area (Å²) in [6, 6.07) is 7.08. The molecule has 0 unspecified atom stereocenters. The molecule has 1 aromatic heterocycles. The molecule has 1 heterocycles. The van der Waals surface area contributed by atoms with Crippen LogP contribution in [0.25, 0.3) is 11.0 Å². The maximum Gasteiger partial charge on any atom is 0.337 e. The summed E-state index contributed by atoms with van der Waals surface area (Å²) in [5, 5.41) is 0.930. The van der Waals surface area contributed by atoms with Crippen molar-refractivity contribution in [2.75, 3.05) is 19.5 Å². The monoisotopic (exact) mass is 390 g/mol. The molecular weight excluding hydrogens is 364 g/mol. The third kappa shape index (κ3) is 6.79. The second-order valence-electron chi connectivity index (χ2n) is 6.32. The van der Waals surface area contributed by atoms with Crippen LogP contribution in [-0.4, -0.2) is 25.4 Å². The Morgan fingerprint density at radius 2 is 1.89 bits per heavy atom. The lowest BCUT2D eigenvalue weighted by Crippen LogP contribution is -2.05. The van der Waals surface area contributed by atoms with Gasteiger partial charge < -0.3 is 13.9 Å². The van der Waals surface area contributed by atoms with Gasteiger partial charge in [-0.25, -0.2) is 9.59 Å². The topological polar surface area (TPSA) is 65.7 Å². The van der Waals surface area contributed by atoms with E-state index in [2.05, 4.69) is 6.58 Å². The average Bonchev–Trinajstić information content (AvgIpc) is 2.65. The second kappa shape index (κ2) is 10.8. The molecule has 0 aliphatic rings. The van der Waals surface area contributed by atoms with Gasteiger partial charge in [-0.1, -0.05) is 25.8 Å². The molecule has 0 bridgehead atoms. The zero-order valence-electron chi connectivity index (χ0n) is 15.9. The predicted molar refractivity (Wildman–Crippen MR) is 109 cm³/mol. The first-order chi connectivity index (χ1) is 13.0. The molecule has 1 aromatic carbocycles. The number of carbonyl (C=O) groups is 1. The quantitative estimate of drug-likeness (QED) is 0.178. The lowest BCUT2D eigenvalue weighted by Gasteiger charge is -2.07. The fourth-order valence-electron chi connectivity index (χ4n) is 2.56. The van der Waals surface area contributed by atoms with Crippen LogP contribution in [0.1, 0.15) is 39.0 Å². The smallest absolute Gasteiger partial charge is 0.337 e. The molecule has 0 radical (unpaired) electrons. The van der Waals surface area contributed by atoms with E-state index in [0.29, 0.717) is 23.5 Å². The van der Waals surface area contributed by atoms with E-state index in [0.717, 1.165) is 48.1 Å². The van der Waals surface area contributed by atoms with Crippen molar-refractivity contribution in [2.45, 2.75) is 43.9 Å². The van der Waals surface area contributed by atoms with Crippen molar-refractivity contribution in [3.8, 4) is 5.75 Å². The van der Waals surface area contributed by atoms with Crippen molar-refractivity contribution in [3.63, 3.8) is 0 Å². The first kappa shape index (κ1) is 21.1. The van der Waals surface area contributed by atoms with Gasteiger partial charge in [-0.05, 0) is 37.7 Å². The van der Waals surface area contributed by atoms with Crippen LogP contribution >= 0.6 is 11.8 Å². The van der Waals surface area contributed by atoms with Crippen molar-refractivity contribution in [2.24, 2.45) is 0 Å². The van der Waals surface area contributed by atoms with Crippen LogP contribution in [0.4, 0.5) is 0 Å². The highest BCUT2D eigenvalue weighted by Crippen LogP contribution is 2.29. The van der Waals surface area contributed by atoms with Gasteiger partial charge in [-0.15, -0.1) is 11.8 Å². The van der Waals surface area contributed by atoms with E-state index in [4.69, 9.17) is 13.9 Å². The van der Waals surface area contributed by atoms with Crippen LogP contribution in [-0.2, 0) is 9.53 Å². The number of ether oxygens (including phenoxy) is 2. The molecule has 0 atom stereocenters. The van der Waals surface area contributed by atoms with Crippen LogP contribution in [0.5, 0.6) is 5.75 Å². The van der Waals surface area contributed by atoms with Crippen LogP contribution in [0, 0.1) is 0 Å². The molecule has 0 aliphatic carbocycles. The molecule has 0 aliphatic heterocycles. The zero-order chi connectivity index (χ0) is 19.6. The fraction of sp³-hybridized carbons (Fsp3) is 0.429. The first-order valence-electron chi connectivity index (χ1n) is 9.08. The first-order valence-corrected chi connectivity index (χ1v) is 10.1.